The van der Waals surface area contributed by atoms with E-state index in [1.807, 2.05) is 45.0 Å². The number of nitrogens with one attached hydrogen (secondary N) is 1. The molecule has 3 rings (SSSR count). The minimum atomic E-state index is -0.658. The Kier molecular flexibility index (Phi) is 5.15. The summed E-state index contributed by atoms with van der Waals surface area (Å²) in [5.74, 6) is 1.14. The van der Waals surface area contributed by atoms with Crippen molar-refractivity contribution in [1.29, 1.82) is 0 Å². The molecule has 0 spiro atoms. The molecule has 2 aromatic carbocycles. The van der Waals surface area contributed by atoms with Gasteiger partial charge in [-0.2, -0.15) is 0 Å². The van der Waals surface area contributed by atoms with E-state index in [1.165, 1.54) is 0 Å². The Balaban J connectivity index is 1.76. The molecule has 0 bridgehead atoms. The molecular weight excluding hydrogens is 350 g/mol. The summed E-state index contributed by atoms with van der Waals surface area (Å²) in [6.07, 6.45) is 0.0303. The molecule has 138 valence electrons. The minimum absolute atomic E-state index is 0.126. The summed E-state index contributed by atoms with van der Waals surface area (Å²) in [5.41, 5.74) is 1.78. The second-order valence-electron chi connectivity index (χ2n) is 7.36. The van der Waals surface area contributed by atoms with Gasteiger partial charge in [-0.05, 0) is 45.9 Å². The van der Waals surface area contributed by atoms with Gasteiger partial charge in [0.25, 0.3) is 5.91 Å². The molecule has 0 unspecified atom stereocenters. The van der Waals surface area contributed by atoms with Crippen molar-refractivity contribution in [3.8, 4) is 11.5 Å². The van der Waals surface area contributed by atoms with Gasteiger partial charge in [0.1, 0.15) is 17.1 Å². The van der Waals surface area contributed by atoms with Crippen molar-refractivity contribution >= 4 is 17.5 Å². The number of halogens is 1. The second-order valence-corrected chi connectivity index (χ2v) is 7.77. The van der Waals surface area contributed by atoms with Gasteiger partial charge >= 0.3 is 0 Å². The van der Waals surface area contributed by atoms with Crippen molar-refractivity contribution in [1.82, 2.24) is 5.32 Å². The molecule has 2 aromatic rings. The number of amides is 1. The molecule has 26 heavy (non-hydrogen) atoms. The van der Waals surface area contributed by atoms with Crippen LogP contribution in [0.2, 0.25) is 5.02 Å². The largest absolute Gasteiger partial charge is 0.487 e. The Morgan fingerprint density at radius 1 is 1.31 bits per heavy atom. The molecule has 1 N–H and O–H groups in total. The smallest absolute Gasteiger partial charge is 0.261 e. The molecule has 5 heteroatoms. The van der Waals surface area contributed by atoms with Crippen LogP contribution in [0.25, 0.3) is 0 Å². The Hall–Kier alpha value is -2.20. The summed E-state index contributed by atoms with van der Waals surface area (Å²) >= 11 is 6.11. The van der Waals surface area contributed by atoms with Crippen LogP contribution >= 0.6 is 11.6 Å². The first kappa shape index (κ1) is 18.6. The van der Waals surface area contributed by atoms with E-state index in [2.05, 4.69) is 11.4 Å². The van der Waals surface area contributed by atoms with Crippen LogP contribution in [0.1, 0.15) is 44.4 Å². The number of carbonyl (C=O) groups is 1. The van der Waals surface area contributed by atoms with Crippen LogP contribution < -0.4 is 14.8 Å². The highest BCUT2D eigenvalue weighted by molar-refractivity contribution is 6.32. The van der Waals surface area contributed by atoms with Gasteiger partial charge in [0.15, 0.2) is 6.10 Å². The lowest BCUT2D eigenvalue weighted by molar-refractivity contribution is -0.128. The molecular formula is C21H24ClNO3. The molecule has 1 amide bonds. The summed E-state index contributed by atoms with van der Waals surface area (Å²) < 4.78 is 11.8. The zero-order chi connectivity index (χ0) is 18.9. The van der Waals surface area contributed by atoms with Crippen molar-refractivity contribution < 1.29 is 14.3 Å². The summed E-state index contributed by atoms with van der Waals surface area (Å²) in [4.78, 5) is 12.7. The van der Waals surface area contributed by atoms with Crippen LogP contribution in [0.5, 0.6) is 11.5 Å². The standard InChI is InChI=1S/C21H24ClNO3/c1-13-9-10-18-15(11-13)17(12-21(3,4)26-18)23-20(24)14(2)25-19-8-6-5-7-16(19)22/h5-11,14,17H,12H2,1-4H3,(H,23,24)/t14-,17+/m0/s1. The van der Waals surface area contributed by atoms with E-state index in [0.717, 1.165) is 16.9 Å². The number of fused-ring (bicyclic) bond motifs is 1. The molecule has 0 saturated carbocycles. The Labute approximate surface area is 159 Å². The van der Waals surface area contributed by atoms with Gasteiger partial charge < -0.3 is 14.8 Å². The Bertz CT molecular complexity index is 819. The average molecular weight is 374 g/mol. The summed E-state index contributed by atoms with van der Waals surface area (Å²) in [6.45, 7) is 7.81. The molecule has 1 aliphatic heterocycles. The van der Waals surface area contributed by atoms with Crippen molar-refractivity contribution in [2.45, 2.75) is 51.9 Å². The average Bonchev–Trinajstić information content (AvgIpc) is 2.57. The zero-order valence-electron chi connectivity index (χ0n) is 15.5. The van der Waals surface area contributed by atoms with E-state index in [-0.39, 0.29) is 17.6 Å². The zero-order valence-corrected chi connectivity index (χ0v) is 16.3. The fourth-order valence-corrected chi connectivity index (χ4v) is 3.36. The molecule has 1 aliphatic rings. The molecule has 0 saturated heterocycles. The van der Waals surface area contributed by atoms with E-state index < -0.39 is 6.10 Å². The number of rotatable bonds is 4. The molecule has 0 aromatic heterocycles. The quantitative estimate of drug-likeness (QED) is 0.834. The topological polar surface area (TPSA) is 47.6 Å². The number of benzene rings is 2. The first-order valence-electron chi connectivity index (χ1n) is 8.76. The fraction of sp³-hybridized carbons (Fsp3) is 0.381. The number of ether oxygens (including phenoxy) is 2. The highest BCUT2D eigenvalue weighted by Gasteiger charge is 2.35. The first-order chi connectivity index (χ1) is 12.2. The molecule has 2 atom stereocenters. The van der Waals surface area contributed by atoms with Crippen molar-refractivity contribution in [3.05, 3.63) is 58.6 Å². The SMILES string of the molecule is Cc1ccc2c(c1)[C@H](NC(=O)[C@H](C)Oc1ccccc1Cl)CC(C)(C)O2. The van der Waals surface area contributed by atoms with E-state index in [9.17, 15) is 4.79 Å². The summed E-state index contributed by atoms with van der Waals surface area (Å²) in [5, 5.41) is 3.60. The third-order valence-electron chi connectivity index (χ3n) is 4.45. The molecule has 1 heterocycles. The number of hydrogen-bond acceptors (Lipinski definition) is 3. The molecule has 0 aliphatic carbocycles. The first-order valence-corrected chi connectivity index (χ1v) is 9.14. The van der Waals surface area contributed by atoms with Crippen LogP contribution in [0.3, 0.4) is 0 Å². The van der Waals surface area contributed by atoms with E-state index >= 15 is 0 Å². The van der Waals surface area contributed by atoms with Crippen molar-refractivity contribution in [2.75, 3.05) is 0 Å². The molecule has 0 radical (unpaired) electrons. The van der Waals surface area contributed by atoms with Crippen molar-refractivity contribution in [2.24, 2.45) is 0 Å². The van der Waals surface area contributed by atoms with Gasteiger partial charge in [-0.15, -0.1) is 0 Å². The predicted octanol–water partition coefficient (Wildman–Crippen LogP) is 4.83. The lowest BCUT2D eigenvalue weighted by Gasteiger charge is -2.38. The van der Waals surface area contributed by atoms with E-state index in [0.29, 0.717) is 17.2 Å². The van der Waals surface area contributed by atoms with E-state index in [4.69, 9.17) is 21.1 Å². The third kappa shape index (κ3) is 4.13. The maximum absolute atomic E-state index is 12.7. The highest BCUT2D eigenvalue weighted by atomic mass is 35.5. The maximum atomic E-state index is 12.7. The monoisotopic (exact) mass is 373 g/mol. The third-order valence-corrected chi connectivity index (χ3v) is 4.76. The highest BCUT2D eigenvalue weighted by Crippen LogP contribution is 2.40. The van der Waals surface area contributed by atoms with Gasteiger partial charge in [-0.3, -0.25) is 4.79 Å². The normalized spacial score (nSPS) is 19.0. The lowest BCUT2D eigenvalue weighted by Crippen LogP contribution is -2.44. The number of hydrogen-bond donors (Lipinski definition) is 1. The van der Waals surface area contributed by atoms with Crippen LogP contribution in [0.4, 0.5) is 0 Å². The predicted molar refractivity (Wildman–Crippen MR) is 103 cm³/mol. The lowest BCUT2D eigenvalue weighted by atomic mass is 9.89. The van der Waals surface area contributed by atoms with Crippen LogP contribution in [-0.2, 0) is 4.79 Å². The maximum Gasteiger partial charge on any atom is 0.261 e. The minimum Gasteiger partial charge on any atom is -0.487 e. The van der Waals surface area contributed by atoms with E-state index in [1.54, 1.807) is 19.1 Å². The summed E-state index contributed by atoms with van der Waals surface area (Å²) in [6, 6.07) is 13.1. The number of aryl methyl sites for hydroxylation is 1. The van der Waals surface area contributed by atoms with Gasteiger partial charge in [-0.1, -0.05) is 41.4 Å². The van der Waals surface area contributed by atoms with Gasteiger partial charge in [0.2, 0.25) is 0 Å². The van der Waals surface area contributed by atoms with Crippen molar-refractivity contribution in [3.63, 3.8) is 0 Å². The second kappa shape index (κ2) is 7.20. The Morgan fingerprint density at radius 3 is 2.77 bits per heavy atom. The molecule has 4 nitrogen and oxygen atoms in total. The van der Waals surface area contributed by atoms with Crippen LogP contribution in [0, 0.1) is 6.92 Å². The van der Waals surface area contributed by atoms with Crippen LogP contribution in [-0.4, -0.2) is 17.6 Å². The van der Waals surface area contributed by atoms with Gasteiger partial charge in [-0.25, -0.2) is 0 Å². The van der Waals surface area contributed by atoms with Gasteiger partial charge in [0, 0.05) is 12.0 Å². The van der Waals surface area contributed by atoms with Crippen LogP contribution in [0.15, 0.2) is 42.5 Å². The number of carbonyl (C=O) groups excluding carboxylic acids is 1. The molecule has 0 fully saturated rings. The van der Waals surface area contributed by atoms with Gasteiger partial charge in [0.05, 0.1) is 11.1 Å². The fourth-order valence-electron chi connectivity index (χ4n) is 3.18. The summed E-state index contributed by atoms with van der Waals surface area (Å²) in [7, 11) is 0. The Morgan fingerprint density at radius 2 is 2.04 bits per heavy atom. The number of para-hydroxylation sites is 1.